The second-order valence-corrected chi connectivity index (χ2v) is 8.18. The van der Waals surface area contributed by atoms with Gasteiger partial charge in [0.25, 0.3) is 6.71 Å². The van der Waals surface area contributed by atoms with Crippen LogP contribution in [-0.4, -0.2) is 11.7 Å². The van der Waals surface area contributed by atoms with Crippen molar-refractivity contribution in [1.29, 1.82) is 0 Å². The van der Waals surface area contributed by atoms with Crippen LogP contribution < -0.4 is 25.9 Å². The average Bonchev–Trinajstić information content (AvgIpc) is 2.82. The van der Waals surface area contributed by atoms with Crippen LogP contribution >= 0.6 is 0 Å². The lowest BCUT2D eigenvalue weighted by Gasteiger charge is -2.33. The number of fused-ring (bicyclic) bond motifs is 4. The van der Waals surface area contributed by atoms with E-state index in [-0.39, 0.29) is 12.3 Å². The van der Waals surface area contributed by atoms with E-state index in [1.807, 2.05) is 48.5 Å². The van der Waals surface area contributed by atoms with Gasteiger partial charge in [-0.1, -0.05) is 50.2 Å². The molecule has 31 heavy (non-hydrogen) atoms. The number of ether oxygens (including phenoxy) is 2. The Balaban J connectivity index is 1.60. The van der Waals surface area contributed by atoms with Crippen LogP contribution in [0.3, 0.4) is 0 Å². The smallest absolute Gasteiger partial charge is 0.260 e. The van der Waals surface area contributed by atoms with Gasteiger partial charge in [0.2, 0.25) is 0 Å². The molecule has 2 aliphatic rings. The molecule has 4 heteroatoms. The third-order valence-corrected chi connectivity index (χ3v) is 6.06. The molecular weight excluding hydrogens is 381 g/mol. The standard InChI is InChI=1S/C27H22BNO2/c1-16(2)19-14-22(29-15-17(19)3)18-12-13-25-26-27(18)31-24-11-7-5-9-21(24)28(26)20-8-4-6-10-23(20)30-25/h4-16H,1-3H3/i3D3,16D. The second-order valence-electron chi connectivity index (χ2n) is 8.18. The summed E-state index contributed by atoms with van der Waals surface area (Å²) in [6, 6.07) is 21.5. The Labute approximate surface area is 188 Å². The molecule has 3 nitrogen and oxygen atoms in total. The highest BCUT2D eigenvalue weighted by molar-refractivity contribution is 6.98. The summed E-state index contributed by atoms with van der Waals surface area (Å²) in [5, 5.41) is 0. The van der Waals surface area contributed by atoms with E-state index in [2.05, 4.69) is 17.1 Å². The number of hydrogen-bond donors (Lipinski definition) is 0. The van der Waals surface area contributed by atoms with Crippen molar-refractivity contribution in [2.45, 2.75) is 26.6 Å². The number of benzene rings is 3. The van der Waals surface area contributed by atoms with Crippen LogP contribution in [0.4, 0.5) is 0 Å². The number of pyridine rings is 1. The SMILES string of the molecule is [2H]C([2H])([2H])c1cnc(-c2ccc3c4c2Oc2ccccc2B4c2ccccc2O3)cc1C([2H])(C)C. The first-order chi connectivity index (χ1) is 16.6. The van der Waals surface area contributed by atoms with E-state index in [0.717, 1.165) is 39.2 Å². The molecule has 0 aliphatic carbocycles. The molecule has 6 rings (SSSR count). The summed E-state index contributed by atoms with van der Waals surface area (Å²) in [7, 11) is 0. The zero-order valence-electron chi connectivity index (χ0n) is 21.3. The summed E-state index contributed by atoms with van der Waals surface area (Å²) in [4.78, 5) is 4.53. The highest BCUT2D eigenvalue weighted by atomic mass is 16.5. The van der Waals surface area contributed by atoms with Crippen molar-refractivity contribution in [3.63, 3.8) is 0 Å². The van der Waals surface area contributed by atoms with Gasteiger partial charge in [0, 0.05) is 22.7 Å². The van der Waals surface area contributed by atoms with Gasteiger partial charge in [-0.3, -0.25) is 4.98 Å². The Bertz CT molecular complexity index is 1480. The van der Waals surface area contributed by atoms with Gasteiger partial charge in [0.05, 0.1) is 5.69 Å². The number of nitrogens with zero attached hydrogens (tertiary/aromatic N) is 1. The van der Waals surface area contributed by atoms with Crippen LogP contribution in [0, 0.1) is 6.85 Å². The molecule has 3 aromatic carbocycles. The van der Waals surface area contributed by atoms with Crippen molar-refractivity contribution >= 4 is 23.1 Å². The summed E-state index contributed by atoms with van der Waals surface area (Å²) >= 11 is 0. The normalized spacial score (nSPS) is 15.7. The van der Waals surface area contributed by atoms with Crippen molar-refractivity contribution in [3.8, 4) is 34.3 Å². The molecule has 150 valence electrons. The zero-order chi connectivity index (χ0) is 24.5. The Morgan fingerprint density at radius 3 is 2.32 bits per heavy atom. The van der Waals surface area contributed by atoms with Gasteiger partial charge in [-0.05, 0) is 65.1 Å². The number of rotatable bonds is 2. The van der Waals surface area contributed by atoms with E-state index in [9.17, 15) is 0 Å². The largest absolute Gasteiger partial charge is 0.458 e. The molecule has 2 aliphatic heterocycles. The number of aryl methyl sites for hydroxylation is 1. The summed E-state index contributed by atoms with van der Waals surface area (Å²) in [6.07, 6.45) is 1.38. The van der Waals surface area contributed by atoms with Gasteiger partial charge in [0.1, 0.15) is 23.0 Å². The molecular formula is C27H22BNO2. The van der Waals surface area contributed by atoms with E-state index < -0.39 is 12.7 Å². The predicted molar refractivity (Wildman–Crippen MR) is 126 cm³/mol. The third kappa shape index (κ3) is 2.71. The molecule has 0 radical (unpaired) electrons. The fourth-order valence-electron chi connectivity index (χ4n) is 4.60. The monoisotopic (exact) mass is 407 g/mol. The van der Waals surface area contributed by atoms with Crippen molar-refractivity contribution in [3.05, 3.63) is 84.1 Å². The molecule has 1 aromatic heterocycles. The summed E-state index contributed by atoms with van der Waals surface area (Å²) in [5.41, 5.74) is 4.85. The van der Waals surface area contributed by atoms with Crippen molar-refractivity contribution in [2.24, 2.45) is 0 Å². The minimum atomic E-state index is -2.36. The predicted octanol–water partition coefficient (Wildman–Crippen LogP) is 4.91. The molecule has 4 aromatic rings. The number of aromatic nitrogens is 1. The minimum absolute atomic E-state index is 0.0661. The van der Waals surface area contributed by atoms with Crippen molar-refractivity contribution < 1.29 is 15.0 Å². The second kappa shape index (κ2) is 6.74. The minimum Gasteiger partial charge on any atom is -0.458 e. The molecule has 0 saturated carbocycles. The first-order valence-corrected chi connectivity index (χ1v) is 10.3. The molecule has 0 fully saturated rings. The van der Waals surface area contributed by atoms with Gasteiger partial charge >= 0.3 is 0 Å². The van der Waals surface area contributed by atoms with Gasteiger partial charge in [-0.2, -0.15) is 0 Å². The molecule has 0 amide bonds. The van der Waals surface area contributed by atoms with Crippen LogP contribution in [0.5, 0.6) is 23.0 Å². The van der Waals surface area contributed by atoms with Crippen LogP contribution in [0.1, 0.15) is 36.4 Å². The highest BCUT2D eigenvalue weighted by Gasteiger charge is 2.41. The van der Waals surface area contributed by atoms with Crippen molar-refractivity contribution in [1.82, 2.24) is 4.98 Å². The number of para-hydroxylation sites is 2. The Kier molecular flexibility index (Phi) is 3.15. The molecule has 0 N–H and O–H groups in total. The molecule has 3 heterocycles. The lowest BCUT2D eigenvalue weighted by molar-refractivity contribution is 0.465. The van der Waals surface area contributed by atoms with E-state index >= 15 is 0 Å². The fraction of sp³-hybridized carbons (Fsp3) is 0.148. The molecule has 0 spiro atoms. The van der Waals surface area contributed by atoms with E-state index in [1.54, 1.807) is 19.9 Å². The maximum Gasteiger partial charge on any atom is 0.260 e. The van der Waals surface area contributed by atoms with E-state index in [1.165, 1.54) is 6.20 Å². The van der Waals surface area contributed by atoms with E-state index in [0.29, 0.717) is 17.0 Å². The average molecular weight is 407 g/mol. The van der Waals surface area contributed by atoms with Gasteiger partial charge in [-0.15, -0.1) is 0 Å². The summed E-state index contributed by atoms with van der Waals surface area (Å²) in [5.74, 6) is 1.83. The first kappa shape index (κ1) is 14.5. The van der Waals surface area contributed by atoms with Gasteiger partial charge in [0.15, 0.2) is 0 Å². The quantitative estimate of drug-likeness (QED) is 0.383. The Morgan fingerprint density at radius 2 is 1.61 bits per heavy atom. The molecule has 0 bridgehead atoms. The number of hydrogen-bond acceptors (Lipinski definition) is 3. The molecule has 0 unspecified atom stereocenters. The topological polar surface area (TPSA) is 31.4 Å². The van der Waals surface area contributed by atoms with Gasteiger partial charge < -0.3 is 9.47 Å². The van der Waals surface area contributed by atoms with Crippen LogP contribution in [-0.2, 0) is 0 Å². The third-order valence-electron chi connectivity index (χ3n) is 6.06. The summed E-state index contributed by atoms with van der Waals surface area (Å²) in [6.45, 7) is 0.947. The lowest BCUT2D eigenvalue weighted by Crippen LogP contribution is -2.57. The Morgan fingerprint density at radius 1 is 0.903 bits per heavy atom. The molecule has 0 saturated heterocycles. The first-order valence-electron chi connectivity index (χ1n) is 12.3. The maximum atomic E-state index is 8.59. The van der Waals surface area contributed by atoms with Crippen LogP contribution in [0.25, 0.3) is 11.3 Å². The zero-order valence-corrected chi connectivity index (χ0v) is 17.3. The fourth-order valence-corrected chi connectivity index (χ4v) is 4.60. The lowest BCUT2D eigenvalue weighted by atomic mass is 9.34. The maximum absolute atomic E-state index is 8.59. The highest BCUT2D eigenvalue weighted by Crippen LogP contribution is 2.40. The van der Waals surface area contributed by atoms with Crippen molar-refractivity contribution in [2.75, 3.05) is 0 Å². The molecule has 0 atom stereocenters. The van der Waals surface area contributed by atoms with Gasteiger partial charge in [-0.25, -0.2) is 0 Å². The van der Waals surface area contributed by atoms with Crippen LogP contribution in [0.2, 0.25) is 0 Å². The van der Waals surface area contributed by atoms with Crippen LogP contribution in [0.15, 0.2) is 72.9 Å². The summed E-state index contributed by atoms with van der Waals surface area (Å²) < 4.78 is 45.1. The Hall–Kier alpha value is -3.53. The van der Waals surface area contributed by atoms with E-state index in [4.69, 9.17) is 15.0 Å².